The summed E-state index contributed by atoms with van der Waals surface area (Å²) in [6.07, 6.45) is 4.43. The van der Waals surface area contributed by atoms with Gasteiger partial charge in [-0.15, -0.1) is 0 Å². The van der Waals surface area contributed by atoms with Gasteiger partial charge >= 0.3 is 0 Å². The van der Waals surface area contributed by atoms with Crippen LogP contribution in [0.2, 0.25) is 0 Å². The van der Waals surface area contributed by atoms with Crippen LogP contribution in [0.3, 0.4) is 0 Å². The Kier molecular flexibility index (Phi) is 5.77. The number of carbonyl (C=O) groups is 1. The van der Waals surface area contributed by atoms with E-state index in [1.54, 1.807) is 0 Å². The average molecular weight is 228 g/mol. The van der Waals surface area contributed by atoms with Crippen molar-refractivity contribution in [1.82, 2.24) is 4.90 Å². The molecular weight excluding hydrogens is 204 g/mol. The Balaban J connectivity index is 2.24. The molecule has 1 rings (SSSR count). The minimum atomic E-state index is 0.180. The van der Waals surface area contributed by atoms with E-state index in [2.05, 4.69) is 0 Å². The largest absolute Gasteiger partial charge is 0.396 e. The van der Waals surface area contributed by atoms with Gasteiger partial charge in [-0.1, -0.05) is 0 Å². The number of piperidine rings is 1. The van der Waals surface area contributed by atoms with E-state index < -0.39 is 0 Å². The molecule has 1 aliphatic rings. The first-order chi connectivity index (χ1) is 7.63. The second-order valence-corrected chi connectivity index (χ2v) is 4.90. The van der Waals surface area contributed by atoms with E-state index in [1.807, 2.05) is 11.8 Å². The van der Waals surface area contributed by atoms with Gasteiger partial charge in [0.15, 0.2) is 0 Å². The molecule has 0 aromatic carbocycles. The number of hydrogen-bond donors (Lipinski definition) is 2. The van der Waals surface area contributed by atoms with Crippen molar-refractivity contribution >= 4 is 5.91 Å². The van der Waals surface area contributed by atoms with E-state index in [0.717, 1.165) is 38.8 Å². The second-order valence-electron chi connectivity index (χ2n) is 4.90. The lowest BCUT2D eigenvalue weighted by atomic mass is 9.98. The Morgan fingerprint density at radius 1 is 1.62 bits per heavy atom. The summed E-state index contributed by atoms with van der Waals surface area (Å²) in [4.78, 5) is 13.7. The van der Waals surface area contributed by atoms with Crippen molar-refractivity contribution in [2.75, 3.05) is 19.7 Å². The van der Waals surface area contributed by atoms with Gasteiger partial charge in [0, 0.05) is 32.2 Å². The van der Waals surface area contributed by atoms with Crippen LogP contribution in [0.1, 0.15) is 39.0 Å². The van der Waals surface area contributed by atoms with Gasteiger partial charge in [-0.25, -0.2) is 0 Å². The number of rotatable bonds is 5. The number of nitrogens with zero attached hydrogens (tertiary/aromatic N) is 1. The van der Waals surface area contributed by atoms with Crippen molar-refractivity contribution in [1.29, 1.82) is 0 Å². The molecule has 0 aromatic heterocycles. The van der Waals surface area contributed by atoms with Crippen LogP contribution < -0.4 is 5.73 Å². The first kappa shape index (κ1) is 13.5. The number of aliphatic hydroxyl groups is 1. The Morgan fingerprint density at radius 3 is 3.00 bits per heavy atom. The predicted molar refractivity (Wildman–Crippen MR) is 63.9 cm³/mol. The predicted octanol–water partition coefficient (Wildman–Crippen LogP) is 0.735. The fraction of sp³-hybridized carbons (Fsp3) is 0.917. The van der Waals surface area contributed by atoms with Crippen molar-refractivity contribution in [3.05, 3.63) is 0 Å². The van der Waals surface area contributed by atoms with Crippen molar-refractivity contribution in [2.24, 2.45) is 11.7 Å². The van der Waals surface area contributed by atoms with Gasteiger partial charge < -0.3 is 15.7 Å². The minimum absolute atomic E-state index is 0.180. The molecular formula is C12H24N2O2. The molecule has 4 nitrogen and oxygen atoms in total. The summed E-state index contributed by atoms with van der Waals surface area (Å²) in [5, 5.41) is 9.08. The molecule has 1 fully saturated rings. The number of likely N-dealkylation sites (tertiary alicyclic amines) is 1. The van der Waals surface area contributed by atoms with E-state index in [0.29, 0.717) is 6.42 Å². The average Bonchev–Trinajstić information content (AvgIpc) is 2.28. The summed E-state index contributed by atoms with van der Waals surface area (Å²) < 4.78 is 0. The first-order valence-electron chi connectivity index (χ1n) is 6.27. The van der Waals surface area contributed by atoms with Crippen LogP contribution in [0.4, 0.5) is 0 Å². The molecule has 2 atom stereocenters. The van der Waals surface area contributed by atoms with Crippen LogP contribution in [0.25, 0.3) is 0 Å². The Morgan fingerprint density at radius 2 is 2.38 bits per heavy atom. The number of nitrogens with two attached hydrogens (primary N) is 1. The van der Waals surface area contributed by atoms with Gasteiger partial charge in [-0.05, 0) is 38.5 Å². The van der Waals surface area contributed by atoms with Crippen LogP contribution in [0.5, 0.6) is 0 Å². The fourth-order valence-corrected chi connectivity index (χ4v) is 2.17. The Labute approximate surface area is 97.8 Å². The van der Waals surface area contributed by atoms with E-state index in [-0.39, 0.29) is 24.5 Å². The van der Waals surface area contributed by atoms with E-state index in [9.17, 15) is 4.79 Å². The third-order valence-electron chi connectivity index (χ3n) is 3.18. The maximum Gasteiger partial charge on any atom is 0.222 e. The van der Waals surface area contributed by atoms with E-state index in [1.165, 1.54) is 0 Å². The molecule has 16 heavy (non-hydrogen) atoms. The number of carbonyl (C=O) groups excluding carboxylic acids is 1. The first-order valence-corrected chi connectivity index (χ1v) is 6.27. The summed E-state index contributed by atoms with van der Waals surface area (Å²) >= 11 is 0. The highest BCUT2D eigenvalue weighted by atomic mass is 16.3. The maximum absolute atomic E-state index is 11.8. The highest BCUT2D eigenvalue weighted by molar-refractivity contribution is 5.76. The molecule has 0 aromatic rings. The standard InChI is InChI=1S/C12H24N2O2/c1-10(13)4-2-6-12(16)14-7-3-5-11(8-14)9-15/h10-11,15H,2-9,13H2,1H3. The lowest BCUT2D eigenvalue weighted by Gasteiger charge is -2.32. The molecule has 0 spiro atoms. The second kappa shape index (κ2) is 6.86. The van der Waals surface area contributed by atoms with Gasteiger partial charge in [0.25, 0.3) is 0 Å². The molecule has 0 bridgehead atoms. The SMILES string of the molecule is CC(N)CCCC(=O)N1CCCC(CO)C1. The summed E-state index contributed by atoms with van der Waals surface area (Å²) in [5.74, 6) is 0.505. The van der Waals surface area contributed by atoms with Gasteiger partial charge in [-0.3, -0.25) is 4.79 Å². The van der Waals surface area contributed by atoms with Crippen molar-refractivity contribution in [3.63, 3.8) is 0 Å². The third kappa shape index (κ3) is 4.49. The third-order valence-corrected chi connectivity index (χ3v) is 3.18. The number of amides is 1. The fourth-order valence-electron chi connectivity index (χ4n) is 2.17. The molecule has 3 N–H and O–H groups in total. The van der Waals surface area contributed by atoms with Crippen LogP contribution in [-0.4, -0.2) is 41.7 Å². The summed E-state index contributed by atoms with van der Waals surface area (Å²) in [5.41, 5.74) is 5.64. The molecule has 1 amide bonds. The minimum Gasteiger partial charge on any atom is -0.396 e. The Hall–Kier alpha value is -0.610. The molecule has 4 heteroatoms. The summed E-state index contributed by atoms with van der Waals surface area (Å²) in [7, 11) is 0. The number of aliphatic hydroxyl groups excluding tert-OH is 1. The van der Waals surface area contributed by atoms with Crippen molar-refractivity contribution in [2.45, 2.75) is 45.1 Å². The van der Waals surface area contributed by atoms with Crippen molar-refractivity contribution in [3.8, 4) is 0 Å². The normalized spacial score (nSPS) is 23.2. The molecule has 1 aliphatic heterocycles. The molecule has 0 saturated carbocycles. The zero-order chi connectivity index (χ0) is 12.0. The molecule has 0 radical (unpaired) electrons. The van der Waals surface area contributed by atoms with Crippen LogP contribution >= 0.6 is 0 Å². The highest BCUT2D eigenvalue weighted by Gasteiger charge is 2.22. The quantitative estimate of drug-likeness (QED) is 0.729. The lowest BCUT2D eigenvalue weighted by Crippen LogP contribution is -2.40. The monoisotopic (exact) mass is 228 g/mol. The molecule has 2 unspecified atom stereocenters. The molecule has 94 valence electrons. The van der Waals surface area contributed by atoms with Crippen LogP contribution in [-0.2, 0) is 4.79 Å². The molecule has 0 aliphatic carbocycles. The van der Waals surface area contributed by atoms with Gasteiger partial charge in [-0.2, -0.15) is 0 Å². The summed E-state index contributed by atoms with van der Waals surface area (Å²) in [6, 6.07) is 0.180. The molecule has 1 heterocycles. The number of hydrogen-bond acceptors (Lipinski definition) is 3. The lowest BCUT2D eigenvalue weighted by molar-refractivity contribution is -0.133. The molecule has 1 saturated heterocycles. The zero-order valence-electron chi connectivity index (χ0n) is 10.2. The maximum atomic E-state index is 11.8. The topological polar surface area (TPSA) is 66.6 Å². The van der Waals surface area contributed by atoms with Crippen LogP contribution in [0, 0.1) is 5.92 Å². The highest BCUT2D eigenvalue weighted by Crippen LogP contribution is 2.17. The van der Waals surface area contributed by atoms with Gasteiger partial charge in [0.2, 0.25) is 5.91 Å². The smallest absolute Gasteiger partial charge is 0.222 e. The Bertz CT molecular complexity index is 219. The van der Waals surface area contributed by atoms with E-state index >= 15 is 0 Å². The van der Waals surface area contributed by atoms with Gasteiger partial charge in [0.1, 0.15) is 0 Å². The zero-order valence-corrected chi connectivity index (χ0v) is 10.2. The van der Waals surface area contributed by atoms with Crippen LogP contribution in [0.15, 0.2) is 0 Å². The van der Waals surface area contributed by atoms with E-state index in [4.69, 9.17) is 10.8 Å². The summed E-state index contributed by atoms with van der Waals surface area (Å²) in [6.45, 7) is 3.75. The van der Waals surface area contributed by atoms with Gasteiger partial charge in [0.05, 0.1) is 0 Å². The van der Waals surface area contributed by atoms with Crippen molar-refractivity contribution < 1.29 is 9.90 Å².